The van der Waals surface area contributed by atoms with E-state index in [2.05, 4.69) is 18.3 Å². The van der Waals surface area contributed by atoms with Crippen LogP contribution in [0.2, 0.25) is 0 Å². The number of amides is 2. The number of carbonyl (C=O) groups is 2. The number of aromatic hydroxyl groups is 1. The minimum Gasteiger partial charge on any atom is -0.566 e. The van der Waals surface area contributed by atoms with Crippen molar-refractivity contribution in [3.8, 4) is 5.75 Å². The first-order valence-corrected chi connectivity index (χ1v) is 5.51. The molecule has 0 aromatic heterocycles. The summed E-state index contributed by atoms with van der Waals surface area (Å²) in [7, 11) is 0. The van der Waals surface area contributed by atoms with Gasteiger partial charge in [0.2, 0.25) is 5.91 Å². The van der Waals surface area contributed by atoms with E-state index in [1.807, 2.05) is 0 Å². The van der Waals surface area contributed by atoms with E-state index in [1.165, 1.54) is 12.1 Å². The third kappa shape index (κ3) is 3.11. The van der Waals surface area contributed by atoms with Crippen LogP contribution in [-0.4, -0.2) is 21.5 Å². The van der Waals surface area contributed by atoms with Crippen LogP contribution in [0.15, 0.2) is 18.2 Å². The first-order chi connectivity index (χ1) is 7.58. The van der Waals surface area contributed by atoms with Gasteiger partial charge in [0.25, 0.3) is 5.24 Å². The second-order valence-electron chi connectivity index (χ2n) is 3.42. The average molecular weight is 419 g/mol. The summed E-state index contributed by atoms with van der Waals surface area (Å²) in [5.41, 5.74) is 0.695. The van der Waals surface area contributed by atoms with Crippen LogP contribution in [0.3, 0.4) is 0 Å². The number of rotatable bonds is 2. The van der Waals surface area contributed by atoms with Crippen molar-refractivity contribution in [2.24, 2.45) is 0 Å². The molecule has 1 aliphatic heterocycles. The zero-order valence-corrected chi connectivity index (χ0v) is 12.4. The summed E-state index contributed by atoms with van der Waals surface area (Å²) in [6.07, 6.45) is 0. The summed E-state index contributed by atoms with van der Waals surface area (Å²) in [4.78, 5) is 22.4. The molecule has 0 aliphatic carbocycles. The third-order valence-electron chi connectivity index (χ3n) is 2.30. The number of benzene rings is 1. The fourth-order valence-electron chi connectivity index (χ4n) is 1.46. The van der Waals surface area contributed by atoms with Crippen molar-refractivity contribution in [2.75, 3.05) is 0 Å². The van der Waals surface area contributed by atoms with Gasteiger partial charge in [-0.25, -0.2) is 0 Å². The Hall–Kier alpha value is -0.802. The van der Waals surface area contributed by atoms with Gasteiger partial charge in [-0.2, -0.15) is 17.7 Å². The maximum absolute atomic E-state index is 11.4. The van der Waals surface area contributed by atoms with Gasteiger partial charge in [0.1, 0.15) is 0 Å². The van der Waals surface area contributed by atoms with E-state index in [-0.39, 0.29) is 43.9 Å². The van der Waals surface area contributed by atoms with Crippen molar-refractivity contribution in [1.82, 2.24) is 5.32 Å². The molecule has 0 bridgehead atoms. The molecular weight excluding hydrogens is 410 g/mol. The van der Waals surface area contributed by atoms with Gasteiger partial charge in [0.05, 0.1) is 5.25 Å². The minimum absolute atomic E-state index is 0. The van der Waals surface area contributed by atoms with Crippen molar-refractivity contribution in [1.29, 1.82) is 0 Å². The molecule has 1 aromatic rings. The molecule has 2 amide bonds. The fourth-order valence-corrected chi connectivity index (χ4v) is 2.32. The SMILES string of the molecule is [CH2-]C(c1[c-]cc(O)cc1)C1SC(=O)NC1=O.[W+2]. The number of carbonyl (C=O) groups excluding carboxylic acids is 2. The number of hydrogen-bond acceptors (Lipinski definition) is 4. The standard InChI is InChI=1S/C11H9NO3S.W/c1-6(7-2-4-8(13)5-3-7)9-10(14)12-11(15)16-9;/h2,4-6,9,13H,1H2,(H,12,14,15);/q-2;+2. The summed E-state index contributed by atoms with van der Waals surface area (Å²) < 4.78 is 0. The summed E-state index contributed by atoms with van der Waals surface area (Å²) in [6, 6.07) is 7.39. The molecule has 2 rings (SSSR count). The van der Waals surface area contributed by atoms with E-state index in [0.29, 0.717) is 5.56 Å². The van der Waals surface area contributed by atoms with Crippen LogP contribution in [0.5, 0.6) is 5.75 Å². The number of phenolic OH excluding ortho intramolecular Hbond substituents is 1. The Morgan fingerprint density at radius 3 is 2.65 bits per heavy atom. The molecule has 6 heteroatoms. The molecule has 0 saturated carbocycles. The van der Waals surface area contributed by atoms with E-state index >= 15 is 0 Å². The summed E-state index contributed by atoms with van der Waals surface area (Å²) in [6.45, 7) is 3.86. The van der Waals surface area contributed by atoms with E-state index < -0.39 is 5.25 Å². The molecule has 1 aliphatic rings. The van der Waals surface area contributed by atoms with Crippen molar-refractivity contribution in [3.63, 3.8) is 0 Å². The van der Waals surface area contributed by atoms with Crippen molar-refractivity contribution < 1.29 is 35.8 Å². The normalized spacial score (nSPS) is 20.6. The predicted octanol–water partition coefficient (Wildman–Crippen LogP) is 1.46. The maximum atomic E-state index is 11.4. The second-order valence-corrected chi connectivity index (χ2v) is 4.54. The Labute approximate surface area is 117 Å². The molecule has 1 heterocycles. The van der Waals surface area contributed by atoms with Gasteiger partial charge in [-0.1, -0.05) is 11.8 Å². The molecule has 2 N–H and O–H groups in total. The van der Waals surface area contributed by atoms with E-state index in [9.17, 15) is 9.59 Å². The van der Waals surface area contributed by atoms with Gasteiger partial charge in [-0.05, 0) is 0 Å². The second kappa shape index (κ2) is 5.69. The zero-order chi connectivity index (χ0) is 11.7. The van der Waals surface area contributed by atoms with Gasteiger partial charge >= 0.3 is 21.1 Å². The van der Waals surface area contributed by atoms with E-state index in [0.717, 1.165) is 11.8 Å². The van der Waals surface area contributed by atoms with E-state index in [4.69, 9.17) is 5.11 Å². The van der Waals surface area contributed by atoms with Crippen molar-refractivity contribution in [2.45, 2.75) is 11.2 Å². The molecule has 88 valence electrons. The fraction of sp³-hybridized carbons (Fsp3) is 0.182. The van der Waals surface area contributed by atoms with Crippen LogP contribution in [0.4, 0.5) is 4.79 Å². The number of thioether (sulfide) groups is 1. The zero-order valence-electron chi connectivity index (χ0n) is 8.67. The first kappa shape index (κ1) is 14.3. The summed E-state index contributed by atoms with van der Waals surface area (Å²) in [5, 5.41) is 10.5. The Kier molecular flexibility index (Phi) is 4.78. The molecule has 2 unspecified atom stereocenters. The Bertz CT molecular complexity index is 435. The molecule has 1 fully saturated rings. The van der Waals surface area contributed by atoms with Crippen molar-refractivity contribution >= 4 is 22.9 Å². The maximum Gasteiger partial charge on any atom is 2.00 e. The van der Waals surface area contributed by atoms with Gasteiger partial charge in [0.15, 0.2) is 0 Å². The Morgan fingerprint density at radius 1 is 1.47 bits per heavy atom. The van der Waals surface area contributed by atoms with Gasteiger partial charge in [0, 0.05) is 5.75 Å². The van der Waals surface area contributed by atoms with Crippen LogP contribution >= 0.6 is 11.8 Å². The number of hydrogen-bond donors (Lipinski definition) is 2. The molecule has 17 heavy (non-hydrogen) atoms. The number of phenols is 1. The molecule has 2 atom stereocenters. The largest absolute Gasteiger partial charge is 2.00 e. The Balaban J connectivity index is 0.00000144. The quantitative estimate of drug-likeness (QED) is 0.713. The van der Waals surface area contributed by atoms with E-state index in [1.54, 1.807) is 6.07 Å². The van der Waals surface area contributed by atoms with Crippen LogP contribution in [0, 0.1) is 13.0 Å². The van der Waals surface area contributed by atoms with Crippen LogP contribution in [0.1, 0.15) is 11.5 Å². The molecular formula is C11H9NO3SW. The Morgan fingerprint density at radius 2 is 2.18 bits per heavy atom. The monoisotopic (exact) mass is 419 g/mol. The summed E-state index contributed by atoms with van der Waals surface area (Å²) in [5.74, 6) is -0.580. The molecule has 1 saturated heterocycles. The topological polar surface area (TPSA) is 66.4 Å². The molecule has 0 radical (unpaired) electrons. The third-order valence-corrected chi connectivity index (χ3v) is 3.42. The number of nitrogens with one attached hydrogen (secondary N) is 1. The van der Waals surface area contributed by atoms with Crippen LogP contribution in [0.25, 0.3) is 0 Å². The minimum atomic E-state index is -0.520. The first-order valence-electron chi connectivity index (χ1n) is 4.63. The molecule has 1 aromatic carbocycles. The van der Waals surface area contributed by atoms with Crippen LogP contribution in [-0.2, 0) is 25.9 Å². The van der Waals surface area contributed by atoms with Crippen molar-refractivity contribution in [3.05, 3.63) is 36.8 Å². The van der Waals surface area contributed by atoms with Gasteiger partial charge in [-0.3, -0.25) is 14.9 Å². The van der Waals surface area contributed by atoms with Gasteiger partial charge < -0.3 is 12.0 Å². The van der Waals surface area contributed by atoms with Gasteiger partial charge in [-0.15, -0.1) is 18.1 Å². The number of imide groups is 1. The van der Waals surface area contributed by atoms with Crippen LogP contribution < -0.4 is 5.32 Å². The predicted molar refractivity (Wildman–Crippen MR) is 60.0 cm³/mol. The smallest absolute Gasteiger partial charge is 0.566 e. The summed E-state index contributed by atoms with van der Waals surface area (Å²) >= 11 is 0.936. The molecule has 0 spiro atoms. The molecule has 4 nitrogen and oxygen atoms in total. The average Bonchev–Trinajstić information content (AvgIpc) is 2.58.